The lowest BCUT2D eigenvalue weighted by Gasteiger charge is -2.25. The Kier molecular flexibility index (Phi) is 13.6. The third-order valence-electron chi connectivity index (χ3n) is 5.62. The highest BCUT2D eigenvalue weighted by molar-refractivity contribution is 5.94. The summed E-state index contributed by atoms with van der Waals surface area (Å²) in [5, 5.41) is 34.7. The molecule has 5 amide bonds. The highest BCUT2D eigenvalue weighted by atomic mass is 16.4. The lowest BCUT2D eigenvalue weighted by molar-refractivity contribution is -0.143. The molecule has 0 aliphatic carbocycles. The van der Waals surface area contributed by atoms with Gasteiger partial charge in [0.25, 0.3) is 0 Å². The average Bonchev–Trinajstić information content (AvgIpc) is 2.87. The summed E-state index contributed by atoms with van der Waals surface area (Å²) in [6.07, 6.45) is -2.15. The van der Waals surface area contributed by atoms with Gasteiger partial charge in [-0.05, 0) is 37.0 Å². The number of hydrogen-bond acceptors (Lipinski definition) is 9. The van der Waals surface area contributed by atoms with Gasteiger partial charge in [-0.2, -0.15) is 0 Å². The number of carbonyl (C=O) groups excluding carboxylic acids is 5. The molecule has 220 valence electrons. The second-order valence-electron chi connectivity index (χ2n) is 8.94. The Morgan fingerprint density at radius 3 is 1.65 bits per heavy atom. The summed E-state index contributed by atoms with van der Waals surface area (Å²) in [4.78, 5) is 83.5. The van der Waals surface area contributed by atoms with Gasteiger partial charge in [-0.1, -0.05) is 12.1 Å². The largest absolute Gasteiger partial charge is 0.508 e. The number of nitrogens with two attached hydrogens (primary N) is 3. The molecule has 4 unspecified atom stereocenters. The lowest BCUT2D eigenvalue weighted by Crippen LogP contribution is -2.57. The maximum Gasteiger partial charge on any atom is 0.326 e. The van der Waals surface area contributed by atoms with E-state index in [2.05, 4.69) is 16.0 Å². The van der Waals surface area contributed by atoms with Crippen LogP contribution < -0.4 is 33.2 Å². The Hall–Kier alpha value is -4.73. The van der Waals surface area contributed by atoms with Gasteiger partial charge in [0.15, 0.2) is 0 Å². The first-order valence-electron chi connectivity index (χ1n) is 12.1. The number of primary amides is 2. The van der Waals surface area contributed by atoms with Crippen molar-refractivity contribution in [1.29, 1.82) is 0 Å². The fourth-order valence-corrected chi connectivity index (χ4v) is 3.41. The van der Waals surface area contributed by atoms with Gasteiger partial charge in [-0.15, -0.1) is 0 Å². The van der Waals surface area contributed by atoms with Gasteiger partial charge in [0, 0.05) is 25.7 Å². The molecule has 16 heteroatoms. The van der Waals surface area contributed by atoms with Crippen molar-refractivity contribution in [3.05, 3.63) is 29.8 Å². The predicted molar refractivity (Wildman–Crippen MR) is 137 cm³/mol. The fourth-order valence-electron chi connectivity index (χ4n) is 3.41. The number of hydrogen-bond donors (Lipinski definition) is 9. The molecule has 0 heterocycles. The van der Waals surface area contributed by atoms with Gasteiger partial charge in [0.05, 0.1) is 6.04 Å². The van der Waals surface area contributed by atoms with Crippen LogP contribution in [-0.2, 0) is 40.0 Å². The van der Waals surface area contributed by atoms with E-state index in [1.807, 2.05) is 0 Å². The minimum Gasteiger partial charge on any atom is -0.508 e. The zero-order chi connectivity index (χ0) is 30.4. The van der Waals surface area contributed by atoms with E-state index >= 15 is 0 Å². The van der Waals surface area contributed by atoms with Gasteiger partial charge < -0.3 is 48.5 Å². The monoisotopic (exact) mass is 566 g/mol. The maximum absolute atomic E-state index is 13.2. The smallest absolute Gasteiger partial charge is 0.326 e. The summed E-state index contributed by atoms with van der Waals surface area (Å²) in [5.41, 5.74) is 16.4. The van der Waals surface area contributed by atoms with E-state index in [-0.39, 0.29) is 44.3 Å². The van der Waals surface area contributed by atoms with E-state index in [1.165, 1.54) is 24.3 Å². The van der Waals surface area contributed by atoms with Crippen molar-refractivity contribution in [1.82, 2.24) is 16.0 Å². The van der Waals surface area contributed by atoms with Crippen molar-refractivity contribution >= 4 is 41.5 Å². The molecule has 0 fully saturated rings. The Morgan fingerprint density at radius 1 is 0.675 bits per heavy atom. The van der Waals surface area contributed by atoms with Gasteiger partial charge >= 0.3 is 11.9 Å². The van der Waals surface area contributed by atoms with Crippen LogP contribution in [0.2, 0.25) is 0 Å². The quantitative estimate of drug-likeness (QED) is 0.0873. The van der Waals surface area contributed by atoms with Crippen molar-refractivity contribution in [2.24, 2.45) is 17.2 Å². The van der Waals surface area contributed by atoms with Crippen LogP contribution >= 0.6 is 0 Å². The average molecular weight is 567 g/mol. The Bertz CT molecular complexity index is 1090. The Morgan fingerprint density at radius 2 is 1.15 bits per heavy atom. The molecule has 1 aromatic carbocycles. The normalized spacial score (nSPS) is 13.6. The number of aliphatic carboxylic acids is 2. The van der Waals surface area contributed by atoms with Crippen LogP contribution in [0.15, 0.2) is 24.3 Å². The van der Waals surface area contributed by atoms with E-state index in [0.29, 0.717) is 5.56 Å². The van der Waals surface area contributed by atoms with Crippen LogP contribution in [0, 0.1) is 0 Å². The SMILES string of the molecule is NC(=O)CCC(NC(=O)C(CCC(N)=O)NC(=O)C(Cc1ccc(O)cc1)NC(=O)C(N)CCC(=O)O)C(=O)O. The van der Waals surface area contributed by atoms with Gasteiger partial charge in [-0.3, -0.25) is 28.8 Å². The number of carboxylic acid groups (broad SMARTS) is 2. The zero-order valence-corrected chi connectivity index (χ0v) is 21.5. The first-order chi connectivity index (χ1) is 18.7. The third-order valence-corrected chi connectivity index (χ3v) is 5.62. The van der Waals surface area contributed by atoms with Crippen LogP contribution in [0.25, 0.3) is 0 Å². The van der Waals surface area contributed by atoms with Crippen LogP contribution in [0.1, 0.15) is 44.1 Å². The molecule has 1 rings (SSSR count). The molecule has 40 heavy (non-hydrogen) atoms. The van der Waals surface area contributed by atoms with E-state index < -0.39 is 72.1 Å². The number of carbonyl (C=O) groups is 7. The number of benzene rings is 1. The molecule has 0 saturated heterocycles. The fraction of sp³-hybridized carbons (Fsp3) is 0.458. The molecule has 1 aromatic rings. The number of carboxylic acids is 2. The number of aromatic hydroxyl groups is 1. The summed E-state index contributed by atoms with van der Waals surface area (Å²) in [6.45, 7) is 0. The molecule has 0 aromatic heterocycles. The molecule has 12 N–H and O–H groups in total. The standard InChI is InChI=1S/C24H34N6O10/c25-14(5-10-20(34)35)21(36)30-17(11-12-1-3-13(31)4-2-12)23(38)28-15(6-8-18(26)32)22(37)29-16(24(39)40)7-9-19(27)33/h1-4,14-17,31H,5-11,25H2,(H2,26,32)(H2,27,33)(H,28,38)(H,29,37)(H,30,36)(H,34,35)(H,39,40). The van der Waals surface area contributed by atoms with Crippen molar-refractivity contribution in [2.75, 3.05) is 0 Å². The minimum atomic E-state index is -1.53. The number of phenols is 1. The molecule has 0 bridgehead atoms. The summed E-state index contributed by atoms with van der Waals surface area (Å²) in [6, 6.07) is -0.0244. The second kappa shape index (κ2) is 16.3. The van der Waals surface area contributed by atoms with Crippen LogP contribution in [-0.4, -0.2) is 81.0 Å². The zero-order valence-electron chi connectivity index (χ0n) is 21.5. The van der Waals surface area contributed by atoms with Gasteiger partial charge in [-0.25, -0.2) is 4.79 Å². The van der Waals surface area contributed by atoms with E-state index in [0.717, 1.165) is 0 Å². The summed E-state index contributed by atoms with van der Waals surface area (Å²) < 4.78 is 0. The molecule has 0 saturated carbocycles. The molecule has 0 spiro atoms. The predicted octanol–water partition coefficient (Wildman–Crippen LogP) is -2.80. The van der Waals surface area contributed by atoms with Crippen LogP contribution in [0.3, 0.4) is 0 Å². The van der Waals surface area contributed by atoms with Gasteiger partial charge in [0.1, 0.15) is 23.9 Å². The number of nitrogens with one attached hydrogen (secondary N) is 3. The Balaban J connectivity index is 3.16. The second-order valence-corrected chi connectivity index (χ2v) is 8.94. The summed E-state index contributed by atoms with van der Waals surface area (Å²) in [5.74, 6) is -7.09. The summed E-state index contributed by atoms with van der Waals surface area (Å²) >= 11 is 0. The maximum atomic E-state index is 13.2. The van der Waals surface area contributed by atoms with Crippen molar-refractivity contribution < 1.29 is 48.9 Å². The summed E-state index contributed by atoms with van der Waals surface area (Å²) in [7, 11) is 0. The third kappa shape index (κ3) is 12.7. The number of rotatable bonds is 18. The highest BCUT2D eigenvalue weighted by Crippen LogP contribution is 2.12. The molecule has 0 aliphatic rings. The van der Waals surface area contributed by atoms with E-state index in [1.54, 1.807) is 0 Å². The Labute approximate surface area is 228 Å². The molecule has 0 aliphatic heterocycles. The molecule has 4 atom stereocenters. The van der Waals surface area contributed by atoms with Crippen molar-refractivity contribution in [3.63, 3.8) is 0 Å². The molecular formula is C24H34N6O10. The first kappa shape index (κ1) is 33.3. The first-order valence-corrected chi connectivity index (χ1v) is 12.1. The number of phenolic OH excluding ortho intramolecular Hbond substituents is 1. The van der Waals surface area contributed by atoms with Crippen molar-refractivity contribution in [2.45, 2.75) is 69.1 Å². The van der Waals surface area contributed by atoms with Crippen LogP contribution in [0.4, 0.5) is 0 Å². The van der Waals surface area contributed by atoms with E-state index in [9.17, 15) is 43.8 Å². The van der Waals surface area contributed by atoms with Crippen LogP contribution in [0.5, 0.6) is 5.75 Å². The topological polar surface area (TPSA) is 294 Å². The molecule has 16 nitrogen and oxygen atoms in total. The van der Waals surface area contributed by atoms with E-state index in [4.69, 9.17) is 22.3 Å². The van der Waals surface area contributed by atoms with Gasteiger partial charge in [0.2, 0.25) is 29.5 Å². The van der Waals surface area contributed by atoms with Crippen molar-refractivity contribution in [3.8, 4) is 5.75 Å². The molecular weight excluding hydrogens is 532 g/mol. The molecule has 0 radical (unpaired) electrons. The minimum absolute atomic E-state index is 0.0583. The lowest BCUT2D eigenvalue weighted by atomic mass is 10.0. The number of amides is 5. The highest BCUT2D eigenvalue weighted by Gasteiger charge is 2.31.